The maximum atomic E-state index is 12.2. The molecule has 0 saturated heterocycles. The molecule has 0 bridgehead atoms. The third kappa shape index (κ3) is 3.20. The minimum absolute atomic E-state index is 0.0589. The molecule has 2 aromatic heterocycles. The Labute approximate surface area is 142 Å². The first kappa shape index (κ1) is 16.2. The summed E-state index contributed by atoms with van der Waals surface area (Å²) in [4.78, 5) is 20.5. The van der Waals surface area contributed by atoms with Crippen LogP contribution < -0.4 is 10.9 Å². The second-order valence-electron chi connectivity index (χ2n) is 5.45. The Morgan fingerprint density at radius 3 is 2.64 bits per heavy atom. The lowest BCUT2D eigenvalue weighted by Crippen LogP contribution is -2.36. The first-order valence-electron chi connectivity index (χ1n) is 7.34. The fourth-order valence-electron chi connectivity index (χ4n) is 2.29. The van der Waals surface area contributed by atoms with E-state index < -0.39 is 5.91 Å². The van der Waals surface area contributed by atoms with E-state index >= 15 is 0 Å². The molecule has 9 heteroatoms. The normalized spacial score (nSPS) is 10.6. The van der Waals surface area contributed by atoms with Crippen molar-refractivity contribution in [3.63, 3.8) is 0 Å². The third-order valence-electron chi connectivity index (χ3n) is 3.45. The van der Waals surface area contributed by atoms with E-state index in [2.05, 4.69) is 32.5 Å². The van der Waals surface area contributed by atoms with Crippen LogP contribution >= 0.6 is 0 Å². The number of rotatable bonds is 4. The summed E-state index contributed by atoms with van der Waals surface area (Å²) in [6.07, 6.45) is 0. The molecule has 0 atom stereocenters. The predicted molar refractivity (Wildman–Crippen MR) is 89.7 cm³/mol. The van der Waals surface area contributed by atoms with Crippen LogP contribution in [0, 0.1) is 13.8 Å². The van der Waals surface area contributed by atoms with Gasteiger partial charge in [-0.25, -0.2) is 9.50 Å². The van der Waals surface area contributed by atoms with Crippen molar-refractivity contribution in [2.24, 2.45) is 0 Å². The number of nitrogens with zero attached hydrogens (tertiary/aromatic N) is 4. The van der Waals surface area contributed by atoms with Gasteiger partial charge in [-0.3, -0.25) is 15.6 Å². The van der Waals surface area contributed by atoms with Gasteiger partial charge in [0.1, 0.15) is 11.5 Å². The summed E-state index contributed by atoms with van der Waals surface area (Å²) in [7, 11) is 0. The van der Waals surface area contributed by atoms with Gasteiger partial charge in [0.2, 0.25) is 5.82 Å². The van der Waals surface area contributed by atoms with Crippen molar-refractivity contribution in [3.05, 3.63) is 53.6 Å². The molecular formula is C16H16N6O3. The fourth-order valence-corrected chi connectivity index (χ4v) is 2.29. The molecule has 128 valence electrons. The molecule has 3 rings (SSSR count). The molecule has 4 N–H and O–H groups in total. The van der Waals surface area contributed by atoms with E-state index in [4.69, 9.17) is 0 Å². The minimum atomic E-state index is -0.582. The number of benzene rings is 1. The average molecular weight is 340 g/mol. The summed E-state index contributed by atoms with van der Waals surface area (Å²) in [5, 5.41) is 23.2. The van der Waals surface area contributed by atoms with Gasteiger partial charge in [-0.2, -0.15) is 4.98 Å². The standard InChI is InChI=1S/C16H16N6O3/c1-8-6-9(2)22-16(17-8)18-14(21-22)15(25)20-19-10(3)12-5-4-11(23)7-13(12)24/h4-7,19,23-24H,3H2,1-2H3,(H,20,25). The lowest BCUT2D eigenvalue weighted by molar-refractivity contribution is 0.0932. The van der Waals surface area contributed by atoms with E-state index in [9.17, 15) is 15.0 Å². The van der Waals surface area contributed by atoms with Crippen molar-refractivity contribution in [3.8, 4) is 11.5 Å². The van der Waals surface area contributed by atoms with Crippen molar-refractivity contribution < 1.29 is 15.0 Å². The van der Waals surface area contributed by atoms with Gasteiger partial charge in [0.05, 0.1) is 5.70 Å². The van der Waals surface area contributed by atoms with Crippen LogP contribution in [-0.2, 0) is 0 Å². The number of aromatic nitrogens is 4. The number of fused-ring (bicyclic) bond motifs is 1. The SMILES string of the molecule is C=C(NNC(=O)c1nc2nc(C)cc(C)n2n1)c1ccc(O)cc1O. The topological polar surface area (TPSA) is 125 Å². The lowest BCUT2D eigenvalue weighted by atomic mass is 10.1. The van der Waals surface area contributed by atoms with E-state index in [1.54, 1.807) is 0 Å². The van der Waals surface area contributed by atoms with Gasteiger partial charge >= 0.3 is 5.91 Å². The highest BCUT2D eigenvalue weighted by Gasteiger charge is 2.15. The molecule has 25 heavy (non-hydrogen) atoms. The maximum absolute atomic E-state index is 12.2. The summed E-state index contributed by atoms with van der Waals surface area (Å²) in [6, 6.07) is 5.86. The Bertz CT molecular complexity index is 995. The second kappa shape index (κ2) is 6.11. The minimum Gasteiger partial charge on any atom is -0.508 e. The third-order valence-corrected chi connectivity index (χ3v) is 3.45. The molecule has 0 spiro atoms. The van der Waals surface area contributed by atoms with Crippen LogP contribution in [0.1, 0.15) is 27.6 Å². The largest absolute Gasteiger partial charge is 0.508 e. The van der Waals surface area contributed by atoms with Gasteiger partial charge in [-0.15, -0.1) is 5.10 Å². The Morgan fingerprint density at radius 2 is 1.92 bits per heavy atom. The molecule has 0 radical (unpaired) electrons. The van der Waals surface area contributed by atoms with Crippen LogP contribution in [0.3, 0.4) is 0 Å². The average Bonchev–Trinajstić information content (AvgIpc) is 2.96. The molecule has 1 aromatic carbocycles. The molecule has 2 heterocycles. The van der Waals surface area contributed by atoms with E-state index in [0.717, 1.165) is 11.4 Å². The van der Waals surface area contributed by atoms with Gasteiger partial charge in [0.15, 0.2) is 0 Å². The van der Waals surface area contributed by atoms with Crippen LogP contribution in [0.5, 0.6) is 11.5 Å². The Balaban J connectivity index is 1.74. The summed E-state index contributed by atoms with van der Waals surface area (Å²) in [5.74, 6) is -0.561. The number of carbonyl (C=O) groups is 1. The van der Waals surface area contributed by atoms with Crippen LogP contribution in [-0.4, -0.2) is 35.7 Å². The molecule has 0 aliphatic heterocycles. The molecule has 0 fully saturated rings. The number of carbonyl (C=O) groups excluding carboxylic acids is 1. The number of nitrogens with one attached hydrogen (secondary N) is 2. The summed E-state index contributed by atoms with van der Waals surface area (Å²) in [6.45, 7) is 7.39. The molecular weight excluding hydrogens is 324 g/mol. The first-order chi connectivity index (χ1) is 11.8. The molecule has 0 aliphatic rings. The summed E-state index contributed by atoms with van der Waals surface area (Å²) in [5.41, 5.74) is 7.13. The number of phenols is 2. The predicted octanol–water partition coefficient (Wildman–Crippen LogP) is 1.06. The number of aromatic hydroxyl groups is 2. The number of aryl methyl sites for hydroxylation is 2. The van der Waals surface area contributed by atoms with Gasteiger partial charge < -0.3 is 10.2 Å². The fraction of sp³-hybridized carbons (Fsp3) is 0.125. The zero-order valence-electron chi connectivity index (χ0n) is 13.6. The first-order valence-corrected chi connectivity index (χ1v) is 7.34. The number of amides is 1. The van der Waals surface area contributed by atoms with Gasteiger partial charge in [-0.1, -0.05) is 6.58 Å². The van der Waals surface area contributed by atoms with E-state index in [-0.39, 0.29) is 23.0 Å². The van der Waals surface area contributed by atoms with Gasteiger partial charge in [0, 0.05) is 23.0 Å². The number of hydrogen-bond acceptors (Lipinski definition) is 7. The second-order valence-corrected chi connectivity index (χ2v) is 5.45. The molecule has 0 saturated carbocycles. The zero-order chi connectivity index (χ0) is 18.1. The number of phenolic OH excluding ortho intramolecular Hbond substituents is 2. The van der Waals surface area contributed by atoms with Crippen LogP contribution in [0.4, 0.5) is 0 Å². The van der Waals surface area contributed by atoms with Crippen molar-refractivity contribution in [2.45, 2.75) is 13.8 Å². The summed E-state index contributed by atoms with van der Waals surface area (Å²) < 4.78 is 1.47. The molecule has 0 aliphatic carbocycles. The van der Waals surface area contributed by atoms with Gasteiger partial charge in [-0.05, 0) is 32.0 Å². The zero-order valence-corrected chi connectivity index (χ0v) is 13.6. The summed E-state index contributed by atoms with van der Waals surface area (Å²) >= 11 is 0. The lowest BCUT2D eigenvalue weighted by Gasteiger charge is -2.11. The van der Waals surface area contributed by atoms with Gasteiger partial charge in [0.25, 0.3) is 5.78 Å². The Kier molecular flexibility index (Phi) is 3.97. The number of hydrazine groups is 1. The highest BCUT2D eigenvalue weighted by molar-refractivity contribution is 5.91. The highest BCUT2D eigenvalue weighted by atomic mass is 16.3. The smallest absolute Gasteiger partial charge is 0.309 e. The molecule has 1 amide bonds. The van der Waals surface area contributed by atoms with Crippen LogP contribution in [0.15, 0.2) is 30.8 Å². The molecule has 9 nitrogen and oxygen atoms in total. The Morgan fingerprint density at radius 1 is 1.16 bits per heavy atom. The van der Waals surface area contributed by atoms with Crippen LogP contribution in [0.2, 0.25) is 0 Å². The maximum Gasteiger partial charge on any atom is 0.309 e. The van der Waals surface area contributed by atoms with Crippen molar-refractivity contribution in [2.75, 3.05) is 0 Å². The Hall–Kier alpha value is -3.62. The molecule has 0 unspecified atom stereocenters. The molecule has 3 aromatic rings. The van der Waals surface area contributed by atoms with Crippen molar-refractivity contribution in [1.82, 2.24) is 30.4 Å². The van der Waals surface area contributed by atoms with Crippen LogP contribution in [0.25, 0.3) is 11.5 Å². The van der Waals surface area contributed by atoms with Crippen molar-refractivity contribution >= 4 is 17.4 Å². The van der Waals surface area contributed by atoms with E-state index in [0.29, 0.717) is 11.3 Å². The number of hydrogen-bond donors (Lipinski definition) is 4. The quantitative estimate of drug-likeness (QED) is 0.523. The van der Waals surface area contributed by atoms with Crippen molar-refractivity contribution in [1.29, 1.82) is 0 Å². The van der Waals surface area contributed by atoms with E-state index in [1.807, 2.05) is 19.9 Å². The monoisotopic (exact) mass is 340 g/mol. The highest BCUT2D eigenvalue weighted by Crippen LogP contribution is 2.26. The van der Waals surface area contributed by atoms with E-state index in [1.165, 1.54) is 22.7 Å².